The van der Waals surface area contributed by atoms with E-state index in [1.807, 2.05) is 12.3 Å². The van der Waals surface area contributed by atoms with E-state index in [1.54, 1.807) is 5.57 Å². The molecule has 0 unspecified atom stereocenters. The van der Waals surface area contributed by atoms with E-state index in [1.165, 1.54) is 56.2 Å². The van der Waals surface area contributed by atoms with Gasteiger partial charge in [-0.2, -0.15) is 0 Å². The molecule has 1 N–H and O–H groups in total. The summed E-state index contributed by atoms with van der Waals surface area (Å²) in [5.41, 5.74) is 3.97. The summed E-state index contributed by atoms with van der Waals surface area (Å²) in [6.45, 7) is 14.1. The highest BCUT2D eigenvalue weighted by Crippen LogP contribution is 2.32. The molecule has 0 atom stereocenters. The van der Waals surface area contributed by atoms with Crippen LogP contribution in [0.3, 0.4) is 0 Å². The molecule has 0 amide bonds. The standard InChI is InChI=1S/C28H47N3S/c1-5-11-27(24-29-19-8-4)23-26-17-15-25(16-18-26)14-9-10-21-31(32)22-20-30-28(12-6-2)13-7-3/h5-6,11-13,23-25,30,32H,1,7-10,14-22H2,2-4H3/b12-6-,26-23?,27-11+,28-13+,29-24+. The first-order valence-electron chi connectivity index (χ1n) is 12.6. The van der Waals surface area contributed by atoms with Crippen LogP contribution in [0.25, 0.3) is 0 Å². The fraction of sp³-hybridized carbons (Fsp3) is 0.607. The second-order valence-electron chi connectivity index (χ2n) is 8.63. The van der Waals surface area contributed by atoms with Crippen LogP contribution in [0.4, 0.5) is 0 Å². The summed E-state index contributed by atoms with van der Waals surface area (Å²) in [5, 5.41) is 3.50. The summed E-state index contributed by atoms with van der Waals surface area (Å²) in [6, 6.07) is 0. The predicted molar refractivity (Wildman–Crippen MR) is 148 cm³/mol. The summed E-state index contributed by atoms with van der Waals surface area (Å²) >= 11 is 4.65. The Balaban J connectivity index is 2.23. The van der Waals surface area contributed by atoms with Gasteiger partial charge in [-0.25, -0.2) is 0 Å². The molecular formula is C28H47N3S. The maximum atomic E-state index is 4.65. The Hall–Kier alpha value is -1.52. The van der Waals surface area contributed by atoms with E-state index in [-0.39, 0.29) is 0 Å². The molecule has 3 nitrogen and oxygen atoms in total. The second-order valence-corrected chi connectivity index (χ2v) is 9.19. The van der Waals surface area contributed by atoms with Crippen LogP contribution in [0.1, 0.15) is 78.6 Å². The zero-order valence-corrected chi connectivity index (χ0v) is 21.8. The molecule has 0 radical (unpaired) electrons. The normalized spacial score (nSPS) is 18.2. The molecule has 1 saturated carbocycles. The smallest absolute Gasteiger partial charge is 0.0386 e. The molecule has 0 heterocycles. The third kappa shape index (κ3) is 13.8. The van der Waals surface area contributed by atoms with Crippen LogP contribution in [0.2, 0.25) is 0 Å². The minimum atomic E-state index is 0.880. The van der Waals surface area contributed by atoms with E-state index in [0.29, 0.717) is 0 Å². The van der Waals surface area contributed by atoms with Crippen LogP contribution >= 0.6 is 12.8 Å². The van der Waals surface area contributed by atoms with Gasteiger partial charge in [-0.1, -0.05) is 82.0 Å². The third-order valence-electron chi connectivity index (χ3n) is 5.77. The van der Waals surface area contributed by atoms with Crippen molar-refractivity contribution in [2.45, 2.75) is 78.6 Å². The first-order chi connectivity index (χ1) is 15.6. The first-order valence-corrected chi connectivity index (χ1v) is 13.0. The predicted octanol–water partition coefficient (Wildman–Crippen LogP) is 7.47. The Morgan fingerprint density at radius 1 is 1.22 bits per heavy atom. The lowest BCUT2D eigenvalue weighted by Gasteiger charge is -2.24. The molecule has 32 heavy (non-hydrogen) atoms. The van der Waals surface area contributed by atoms with Crippen molar-refractivity contribution in [3.63, 3.8) is 0 Å². The quantitative estimate of drug-likeness (QED) is 0.109. The van der Waals surface area contributed by atoms with Gasteiger partial charge in [0.25, 0.3) is 0 Å². The zero-order valence-electron chi connectivity index (χ0n) is 20.9. The summed E-state index contributed by atoms with van der Waals surface area (Å²) < 4.78 is 2.15. The van der Waals surface area contributed by atoms with Crippen molar-refractivity contribution in [1.29, 1.82) is 0 Å². The molecule has 1 rings (SSSR count). The largest absolute Gasteiger partial charge is 0.384 e. The van der Waals surface area contributed by atoms with Gasteiger partial charge in [-0.3, -0.25) is 9.30 Å². The van der Waals surface area contributed by atoms with Gasteiger partial charge in [-0.15, -0.1) is 0 Å². The van der Waals surface area contributed by atoms with Gasteiger partial charge in [0.1, 0.15) is 0 Å². The monoisotopic (exact) mass is 457 g/mol. The lowest BCUT2D eigenvalue weighted by molar-refractivity contribution is 0.359. The number of aliphatic imine (C=N–C) groups is 1. The molecule has 0 aliphatic heterocycles. The Labute approximate surface area is 204 Å². The molecule has 0 bridgehead atoms. The van der Waals surface area contributed by atoms with Crippen molar-refractivity contribution in [1.82, 2.24) is 9.62 Å². The minimum absolute atomic E-state index is 0.880. The van der Waals surface area contributed by atoms with Gasteiger partial charge in [0.15, 0.2) is 0 Å². The molecule has 1 aliphatic carbocycles. The molecule has 1 aliphatic rings. The molecule has 0 aromatic heterocycles. The van der Waals surface area contributed by atoms with Crippen LogP contribution < -0.4 is 5.32 Å². The molecule has 1 fully saturated rings. The van der Waals surface area contributed by atoms with E-state index in [2.05, 4.69) is 85.2 Å². The Morgan fingerprint density at radius 2 is 2.00 bits per heavy atom. The summed E-state index contributed by atoms with van der Waals surface area (Å²) in [7, 11) is 0. The van der Waals surface area contributed by atoms with Crippen molar-refractivity contribution < 1.29 is 0 Å². The lowest BCUT2D eigenvalue weighted by atomic mass is 9.82. The van der Waals surface area contributed by atoms with Crippen LogP contribution in [0.5, 0.6) is 0 Å². The lowest BCUT2D eigenvalue weighted by Crippen LogP contribution is -2.26. The van der Waals surface area contributed by atoms with E-state index < -0.39 is 0 Å². The second kappa shape index (κ2) is 19.0. The molecule has 180 valence electrons. The van der Waals surface area contributed by atoms with Crippen LogP contribution in [0.15, 0.2) is 64.9 Å². The topological polar surface area (TPSA) is 27.6 Å². The van der Waals surface area contributed by atoms with Gasteiger partial charge in [0.05, 0.1) is 0 Å². The zero-order chi connectivity index (χ0) is 23.4. The fourth-order valence-corrected chi connectivity index (χ4v) is 4.29. The number of nitrogens with one attached hydrogen (secondary N) is 1. The SMILES string of the molecule is C=C/C=C(C=C1CCC(CCCCN(S)CCNC(/C=C\C)=C/CC)CC1)/C=N/CCC. The van der Waals surface area contributed by atoms with Crippen molar-refractivity contribution in [3.8, 4) is 0 Å². The average molecular weight is 458 g/mol. The maximum Gasteiger partial charge on any atom is 0.0386 e. The molecule has 0 saturated heterocycles. The number of hydrogen-bond donors (Lipinski definition) is 2. The fourth-order valence-electron chi connectivity index (χ4n) is 4.05. The average Bonchev–Trinajstić information content (AvgIpc) is 2.78. The van der Waals surface area contributed by atoms with E-state index in [0.717, 1.165) is 44.9 Å². The number of rotatable bonds is 16. The Bertz CT molecular complexity index is 648. The van der Waals surface area contributed by atoms with Crippen LogP contribution in [-0.4, -0.2) is 36.7 Å². The summed E-state index contributed by atoms with van der Waals surface area (Å²) in [4.78, 5) is 4.49. The number of allylic oxidation sites excluding steroid dienone is 8. The first kappa shape index (κ1) is 28.5. The van der Waals surface area contributed by atoms with E-state index >= 15 is 0 Å². The third-order valence-corrected chi connectivity index (χ3v) is 6.17. The number of unbranched alkanes of at least 4 members (excludes halogenated alkanes) is 1. The number of hydrogen-bond acceptors (Lipinski definition) is 4. The van der Waals surface area contributed by atoms with Gasteiger partial charge in [0.2, 0.25) is 0 Å². The highest BCUT2D eigenvalue weighted by molar-refractivity contribution is 7.77. The van der Waals surface area contributed by atoms with Crippen molar-refractivity contribution >= 4 is 19.0 Å². The molecule has 0 aromatic carbocycles. The van der Waals surface area contributed by atoms with Gasteiger partial charge in [-0.05, 0) is 69.4 Å². The summed E-state index contributed by atoms with van der Waals surface area (Å²) in [6.07, 6.45) is 25.8. The van der Waals surface area contributed by atoms with Crippen molar-refractivity contribution in [3.05, 3.63) is 59.9 Å². The number of nitrogens with zero attached hydrogens (tertiary/aromatic N) is 2. The van der Waals surface area contributed by atoms with Crippen molar-refractivity contribution in [2.75, 3.05) is 26.2 Å². The van der Waals surface area contributed by atoms with E-state index in [4.69, 9.17) is 0 Å². The summed E-state index contributed by atoms with van der Waals surface area (Å²) in [5.74, 6) is 0.880. The van der Waals surface area contributed by atoms with E-state index in [9.17, 15) is 0 Å². The van der Waals surface area contributed by atoms with Gasteiger partial charge < -0.3 is 5.32 Å². The highest BCUT2D eigenvalue weighted by atomic mass is 32.1. The minimum Gasteiger partial charge on any atom is -0.384 e. The van der Waals surface area contributed by atoms with Gasteiger partial charge in [0, 0.05) is 38.1 Å². The Kier molecular flexibility index (Phi) is 16.9. The maximum absolute atomic E-state index is 4.65. The highest BCUT2D eigenvalue weighted by Gasteiger charge is 2.16. The molecule has 0 spiro atoms. The Morgan fingerprint density at radius 3 is 2.66 bits per heavy atom. The number of thiol groups is 1. The molecule has 4 heteroatoms. The van der Waals surface area contributed by atoms with Crippen molar-refractivity contribution in [2.24, 2.45) is 10.9 Å². The van der Waals surface area contributed by atoms with Crippen LogP contribution in [-0.2, 0) is 0 Å². The van der Waals surface area contributed by atoms with Crippen LogP contribution in [0, 0.1) is 5.92 Å². The molecule has 0 aromatic rings. The van der Waals surface area contributed by atoms with Gasteiger partial charge >= 0.3 is 0 Å². The molecular weight excluding hydrogens is 410 g/mol.